The molecular weight excluding hydrogens is 320 g/mol. The molecule has 3 heterocycles. The third-order valence-corrected chi connectivity index (χ3v) is 4.63. The minimum absolute atomic E-state index is 0.0821. The van der Waals surface area contributed by atoms with Crippen molar-refractivity contribution < 1.29 is 9.32 Å². The largest absolute Gasteiger partial charge is 0.347 e. The summed E-state index contributed by atoms with van der Waals surface area (Å²) in [4.78, 5) is 29.6. The second-order valence-electron chi connectivity index (χ2n) is 6.09. The van der Waals surface area contributed by atoms with Crippen LogP contribution in [-0.2, 0) is 13.6 Å². The molecule has 0 radical (unpaired) electrons. The number of carbonyl (C=O) groups excluding carboxylic acids is 1. The minimum Gasteiger partial charge on any atom is -0.347 e. The SMILES string of the molecule is Cc1noc2ncn(CC(=O)c3c(C)n(C)c4ccccc34)c(=O)c12. The fraction of sp³-hybridized carbons (Fsp3) is 0.222. The summed E-state index contributed by atoms with van der Waals surface area (Å²) in [5.41, 5.74) is 2.82. The van der Waals surface area contributed by atoms with E-state index in [1.165, 1.54) is 10.9 Å². The lowest BCUT2D eigenvalue weighted by Crippen LogP contribution is -2.25. The Labute approximate surface area is 142 Å². The molecule has 0 aliphatic rings. The van der Waals surface area contributed by atoms with Crippen molar-refractivity contribution in [1.29, 1.82) is 0 Å². The Bertz CT molecular complexity index is 1200. The smallest absolute Gasteiger partial charge is 0.267 e. The van der Waals surface area contributed by atoms with Crippen LogP contribution in [0.5, 0.6) is 0 Å². The highest BCUT2D eigenvalue weighted by Gasteiger charge is 2.20. The molecule has 4 rings (SSSR count). The number of hydrogen-bond acceptors (Lipinski definition) is 5. The molecule has 1 aromatic carbocycles. The van der Waals surface area contributed by atoms with Gasteiger partial charge in [0.05, 0.1) is 12.2 Å². The molecule has 3 aromatic heterocycles. The molecule has 0 saturated heterocycles. The van der Waals surface area contributed by atoms with Gasteiger partial charge in [-0.3, -0.25) is 14.2 Å². The van der Waals surface area contributed by atoms with Crippen LogP contribution in [0.2, 0.25) is 0 Å². The maximum absolute atomic E-state index is 12.9. The number of carbonyl (C=O) groups is 1. The molecule has 0 bridgehead atoms. The van der Waals surface area contributed by atoms with Crippen LogP contribution in [0.4, 0.5) is 0 Å². The Balaban J connectivity index is 1.82. The highest BCUT2D eigenvalue weighted by molar-refractivity contribution is 6.09. The Morgan fingerprint density at radius 2 is 2.00 bits per heavy atom. The van der Waals surface area contributed by atoms with Crippen LogP contribution in [0.3, 0.4) is 0 Å². The van der Waals surface area contributed by atoms with Gasteiger partial charge in [0.25, 0.3) is 11.3 Å². The van der Waals surface area contributed by atoms with Crippen LogP contribution < -0.4 is 5.56 Å². The molecule has 0 fully saturated rings. The molecule has 0 aliphatic carbocycles. The van der Waals surface area contributed by atoms with E-state index in [0.717, 1.165) is 16.6 Å². The number of aryl methyl sites for hydroxylation is 2. The van der Waals surface area contributed by atoms with Crippen LogP contribution in [-0.4, -0.2) is 25.1 Å². The predicted octanol–water partition coefficient (Wildman–Crippen LogP) is 2.38. The predicted molar refractivity (Wildman–Crippen MR) is 92.8 cm³/mol. The summed E-state index contributed by atoms with van der Waals surface area (Å²) < 4.78 is 8.28. The van der Waals surface area contributed by atoms with Crippen LogP contribution >= 0.6 is 0 Å². The van der Waals surface area contributed by atoms with E-state index in [-0.39, 0.29) is 23.6 Å². The van der Waals surface area contributed by atoms with Crippen molar-refractivity contribution in [3.8, 4) is 0 Å². The first-order chi connectivity index (χ1) is 12.0. The monoisotopic (exact) mass is 336 g/mol. The van der Waals surface area contributed by atoms with Crippen LogP contribution in [0.1, 0.15) is 21.7 Å². The van der Waals surface area contributed by atoms with Gasteiger partial charge >= 0.3 is 0 Å². The second-order valence-corrected chi connectivity index (χ2v) is 6.09. The molecule has 7 heteroatoms. The topological polar surface area (TPSA) is 82.9 Å². The van der Waals surface area contributed by atoms with E-state index < -0.39 is 0 Å². The average Bonchev–Trinajstić information content (AvgIpc) is 3.10. The molecule has 0 unspecified atom stereocenters. The molecule has 126 valence electrons. The molecule has 0 saturated carbocycles. The molecule has 7 nitrogen and oxygen atoms in total. The molecule has 4 aromatic rings. The van der Waals surface area contributed by atoms with Gasteiger partial charge in [0.2, 0.25) is 0 Å². The highest BCUT2D eigenvalue weighted by Crippen LogP contribution is 2.25. The fourth-order valence-electron chi connectivity index (χ4n) is 3.23. The number of hydrogen-bond donors (Lipinski definition) is 0. The summed E-state index contributed by atoms with van der Waals surface area (Å²) in [6.45, 7) is 3.50. The van der Waals surface area contributed by atoms with Crippen LogP contribution in [0.25, 0.3) is 22.0 Å². The number of ketones is 1. The van der Waals surface area contributed by atoms with Crippen molar-refractivity contribution in [2.45, 2.75) is 20.4 Å². The molecule has 0 N–H and O–H groups in total. The Morgan fingerprint density at radius 1 is 1.24 bits per heavy atom. The van der Waals surface area contributed by atoms with E-state index in [1.54, 1.807) is 6.92 Å². The van der Waals surface area contributed by atoms with Gasteiger partial charge in [0, 0.05) is 29.2 Å². The van der Waals surface area contributed by atoms with Gasteiger partial charge in [-0.15, -0.1) is 0 Å². The van der Waals surface area contributed by atoms with Crippen molar-refractivity contribution in [2.75, 3.05) is 0 Å². The van der Waals surface area contributed by atoms with E-state index in [1.807, 2.05) is 42.8 Å². The molecule has 0 aliphatic heterocycles. The van der Waals surface area contributed by atoms with Crippen molar-refractivity contribution in [3.63, 3.8) is 0 Å². The van der Waals surface area contributed by atoms with Crippen LogP contribution in [0.15, 0.2) is 39.9 Å². The van der Waals surface area contributed by atoms with Gasteiger partial charge < -0.3 is 9.09 Å². The molecule has 0 spiro atoms. The third-order valence-electron chi connectivity index (χ3n) is 4.63. The van der Waals surface area contributed by atoms with Gasteiger partial charge in [-0.2, -0.15) is 0 Å². The van der Waals surface area contributed by atoms with Gasteiger partial charge in [0.1, 0.15) is 11.7 Å². The first-order valence-electron chi connectivity index (χ1n) is 7.87. The molecule has 25 heavy (non-hydrogen) atoms. The first kappa shape index (κ1) is 15.3. The quantitative estimate of drug-likeness (QED) is 0.536. The molecule has 0 amide bonds. The number of nitrogens with zero attached hydrogens (tertiary/aromatic N) is 4. The first-order valence-corrected chi connectivity index (χ1v) is 7.87. The standard InChI is InChI=1S/C18H16N4O3/c1-10-15-17(25-20-10)19-9-22(18(15)24)8-14(23)16-11(2)21(3)13-7-5-4-6-12(13)16/h4-7,9H,8H2,1-3H3. The third kappa shape index (κ3) is 2.20. The maximum Gasteiger partial charge on any atom is 0.267 e. The number of rotatable bonds is 3. The zero-order valence-corrected chi connectivity index (χ0v) is 14.1. The van der Waals surface area contributed by atoms with Crippen LogP contribution in [0, 0.1) is 13.8 Å². The molecule has 0 atom stereocenters. The lowest BCUT2D eigenvalue weighted by molar-refractivity contribution is 0.0971. The summed E-state index contributed by atoms with van der Waals surface area (Å²) in [6.07, 6.45) is 1.33. The van der Waals surface area contributed by atoms with E-state index in [9.17, 15) is 9.59 Å². The average molecular weight is 336 g/mol. The van der Waals surface area contributed by atoms with Crippen molar-refractivity contribution >= 4 is 27.8 Å². The second kappa shape index (κ2) is 5.41. The Kier molecular flexibility index (Phi) is 3.31. The number of fused-ring (bicyclic) bond motifs is 2. The van der Waals surface area contributed by atoms with E-state index in [0.29, 0.717) is 16.6 Å². The van der Waals surface area contributed by atoms with Gasteiger partial charge in [-0.05, 0) is 19.9 Å². The minimum atomic E-state index is -0.324. The molecular formula is C18H16N4O3. The summed E-state index contributed by atoms with van der Waals surface area (Å²) >= 11 is 0. The zero-order valence-electron chi connectivity index (χ0n) is 14.1. The number of Topliss-reactive ketones (excluding diaryl/α,β-unsaturated/α-hetero) is 1. The van der Waals surface area contributed by atoms with Gasteiger partial charge in [-0.25, -0.2) is 4.98 Å². The van der Waals surface area contributed by atoms with Gasteiger partial charge in [0.15, 0.2) is 5.78 Å². The van der Waals surface area contributed by atoms with Crippen molar-refractivity contribution in [3.05, 3.63) is 57.9 Å². The number of para-hydroxylation sites is 1. The summed E-state index contributed by atoms with van der Waals surface area (Å²) in [5.74, 6) is -0.133. The Hall–Kier alpha value is -3.22. The normalized spacial score (nSPS) is 11.5. The van der Waals surface area contributed by atoms with Crippen molar-refractivity contribution in [1.82, 2.24) is 19.3 Å². The van der Waals surface area contributed by atoms with E-state index in [2.05, 4.69) is 10.1 Å². The van der Waals surface area contributed by atoms with E-state index in [4.69, 9.17) is 4.52 Å². The lowest BCUT2D eigenvalue weighted by atomic mass is 10.1. The maximum atomic E-state index is 12.9. The summed E-state index contributed by atoms with van der Waals surface area (Å²) in [7, 11) is 1.93. The number of aromatic nitrogens is 4. The summed E-state index contributed by atoms with van der Waals surface area (Å²) in [6, 6.07) is 7.73. The zero-order chi connectivity index (χ0) is 17.7. The van der Waals surface area contributed by atoms with Crippen molar-refractivity contribution in [2.24, 2.45) is 7.05 Å². The summed E-state index contributed by atoms with van der Waals surface area (Å²) in [5, 5.41) is 4.95. The highest BCUT2D eigenvalue weighted by atomic mass is 16.5. The lowest BCUT2D eigenvalue weighted by Gasteiger charge is -2.05. The fourth-order valence-corrected chi connectivity index (χ4v) is 3.23. The number of benzene rings is 1. The van der Waals surface area contributed by atoms with E-state index >= 15 is 0 Å². The Morgan fingerprint density at radius 3 is 2.80 bits per heavy atom. The van der Waals surface area contributed by atoms with Gasteiger partial charge in [-0.1, -0.05) is 23.4 Å².